The maximum atomic E-state index is 11.7. The molecule has 2 N–H and O–H groups in total. The van der Waals surface area contributed by atoms with Crippen LogP contribution in [-0.2, 0) is 4.79 Å². The molecule has 5 heteroatoms. The van der Waals surface area contributed by atoms with Crippen LogP contribution in [0.15, 0.2) is 17.5 Å². The summed E-state index contributed by atoms with van der Waals surface area (Å²) in [6.07, 6.45) is 0.687. The molecule has 1 fully saturated rings. The first kappa shape index (κ1) is 9.21. The summed E-state index contributed by atoms with van der Waals surface area (Å²) in [4.78, 5) is 24.8. The molecular weight excluding hydrogens is 200 g/mol. The molecule has 0 aromatic carbocycles. The minimum Gasteiger partial charge on any atom is -0.368 e. The molecule has 1 atom stereocenters. The Bertz CT molecular complexity index is 361. The molecule has 0 radical (unpaired) electrons. The van der Waals surface area contributed by atoms with Crippen molar-refractivity contribution in [1.29, 1.82) is 0 Å². The predicted octanol–water partition coefficient (Wildman–Crippen LogP) is 0.448. The van der Waals surface area contributed by atoms with Gasteiger partial charge in [0, 0.05) is 6.54 Å². The summed E-state index contributed by atoms with van der Waals surface area (Å²) in [5.41, 5.74) is 5.15. The van der Waals surface area contributed by atoms with E-state index >= 15 is 0 Å². The van der Waals surface area contributed by atoms with Crippen LogP contribution in [0.25, 0.3) is 0 Å². The van der Waals surface area contributed by atoms with E-state index in [2.05, 4.69) is 0 Å². The third-order valence-electron chi connectivity index (χ3n) is 2.34. The molecule has 2 amide bonds. The highest BCUT2D eigenvalue weighted by molar-refractivity contribution is 7.12. The number of rotatable bonds is 2. The number of nitrogens with zero attached hydrogens (tertiary/aromatic N) is 1. The Labute approximate surface area is 85.3 Å². The van der Waals surface area contributed by atoms with Crippen molar-refractivity contribution in [2.75, 3.05) is 6.54 Å². The highest BCUT2D eigenvalue weighted by Gasteiger charge is 2.36. The molecule has 1 saturated heterocycles. The van der Waals surface area contributed by atoms with Crippen LogP contribution in [0, 0.1) is 0 Å². The molecular formula is C9H10N2O2S. The second kappa shape index (κ2) is 3.42. The molecule has 0 saturated carbocycles. The van der Waals surface area contributed by atoms with Gasteiger partial charge in [0.25, 0.3) is 5.91 Å². The highest BCUT2D eigenvalue weighted by atomic mass is 32.1. The number of hydrogen-bond acceptors (Lipinski definition) is 3. The monoisotopic (exact) mass is 210 g/mol. The van der Waals surface area contributed by atoms with Gasteiger partial charge < -0.3 is 10.6 Å². The van der Waals surface area contributed by atoms with Crippen LogP contribution in [0.2, 0.25) is 0 Å². The lowest BCUT2D eigenvalue weighted by Gasteiger charge is -2.38. The van der Waals surface area contributed by atoms with Crippen LogP contribution in [-0.4, -0.2) is 29.3 Å². The first-order chi connectivity index (χ1) is 6.70. The fourth-order valence-corrected chi connectivity index (χ4v) is 2.15. The van der Waals surface area contributed by atoms with Gasteiger partial charge in [-0.05, 0) is 17.9 Å². The molecule has 1 aromatic heterocycles. The minimum atomic E-state index is -0.416. The van der Waals surface area contributed by atoms with E-state index in [9.17, 15) is 9.59 Å². The summed E-state index contributed by atoms with van der Waals surface area (Å²) in [6.45, 7) is 0.629. The van der Waals surface area contributed by atoms with Crippen molar-refractivity contribution in [3.05, 3.63) is 22.4 Å². The van der Waals surface area contributed by atoms with Crippen molar-refractivity contribution < 1.29 is 9.59 Å². The normalized spacial score (nSPS) is 20.3. The minimum absolute atomic E-state index is 0.0879. The molecule has 2 rings (SSSR count). The third-order valence-corrected chi connectivity index (χ3v) is 3.20. The lowest BCUT2D eigenvalue weighted by Crippen LogP contribution is -2.57. The van der Waals surface area contributed by atoms with E-state index in [1.54, 1.807) is 6.07 Å². The summed E-state index contributed by atoms with van der Waals surface area (Å²) < 4.78 is 0. The maximum Gasteiger partial charge on any atom is 0.264 e. The van der Waals surface area contributed by atoms with Gasteiger partial charge in [-0.15, -0.1) is 11.3 Å². The van der Waals surface area contributed by atoms with E-state index < -0.39 is 11.9 Å². The third kappa shape index (κ3) is 1.39. The van der Waals surface area contributed by atoms with Crippen molar-refractivity contribution >= 4 is 23.2 Å². The first-order valence-corrected chi connectivity index (χ1v) is 5.22. The van der Waals surface area contributed by atoms with Gasteiger partial charge in [-0.25, -0.2) is 0 Å². The molecule has 74 valence electrons. The molecule has 2 heterocycles. The summed E-state index contributed by atoms with van der Waals surface area (Å²) in [5, 5.41) is 1.84. The number of nitrogens with two attached hydrogens (primary N) is 1. The highest BCUT2D eigenvalue weighted by Crippen LogP contribution is 2.22. The van der Waals surface area contributed by atoms with Crippen LogP contribution in [0.5, 0.6) is 0 Å². The summed E-state index contributed by atoms with van der Waals surface area (Å²) in [6, 6.07) is 3.17. The smallest absolute Gasteiger partial charge is 0.264 e. The molecule has 14 heavy (non-hydrogen) atoms. The van der Waals surface area contributed by atoms with Crippen molar-refractivity contribution in [1.82, 2.24) is 4.90 Å². The zero-order valence-electron chi connectivity index (χ0n) is 7.47. The van der Waals surface area contributed by atoms with Crippen LogP contribution in [0.4, 0.5) is 0 Å². The van der Waals surface area contributed by atoms with Crippen molar-refractivity contribution in [2.24, 2.45) is 5.73 Å². The summed E-state index contributed by atoms with van der Waals surface area (Å²) in [5.74, 6) is -0.504. The molecule has 1 aliphatic rings. The number of hydrogen-bond donors (Lipinski definition) is 1. The van der Waals surface area contributed by atoms with E-state index in [1.165, 1.54) is 16.2 Å². The number of carbonyl (C=O) groups is 2. The van der Waals surface area contributed by atoms with Crippen LogP contribution in [0.3, 0.4) is 0 Å². The number of likely N-dealkylation sites (tertiary alicyclic amines) is 1. The standard InChI is InChI=1S/C9H10N2O2S/c10-8(12)6-3-4-11(6)9(13)7-2-1-5-14-7/h1-2,5-6H,3-4H2,(H2,10,12). The fourth-order valence-electron chi connectivity index (χ4n) is 1.47. The lowest BCUT2D eigenvalue weighted by atomic mass is 10.0. The van der Waals surface area contributed by atoms with Crippen molar-refractivity contribution in [2.45, 2.75) is 12.5 Å². The largest absolute Gasteiger partial charge is 0.368 e. The van der Waals surface area contributed by atoms with Crippen LogP contribution < -0.4 is 5.73 Å². The van der Waals surface area contributed by atoms with Gasteiger partial charge in [-0.3, -0.25) is 9.59 Å². The van der Waals surface area contributed by atoms with Crippen molar-refractivity contribution in [3.8, 4) is 0 Å². The Morgan fingerprint density at radius 3 is 2.79 bits per heavy atom. The zero-order chi connectivity index (χ0) is 10.1. The molecule has 0 aliphatic carbocycles. The topological polar surface area (TPSA) is 63.4 Å². The SMILES string of the molecule is NC(=O)C1CCN1C(=O)c1cccs1. The molecule has 1 aliphatic heterocycles. The average Bonchev–Trinajstić information content (AvgIpc) is 2.51. The molecule has 1 aromatic rings. The van der Waals surface area contributed by atoms with Gasteiger partial charge in [-0.2, -0.15) is 0 Å². The Morgan fingerprint density at radius 1 is 1.57 bits per heavy atom. The predicted molar refractivity (Wildman–Crippen MR) is 53.0 cm³/mol. The molecule has 1 unspecified atom stereocenters. The van der Waals surface area contributed by atoms with Crippen LogP contribution >= 0.6 is 11.3 Å². The van der Waals surface area contributed by atoms with Gasteiger partial charge in [-0.1, -0.05) is 6.07 Å². The Morgan fingerprint density at radius 2 is 2.36 bits per heavy atom. The Hall–Kier alpha value is -1.36. The van der Waals surface area contributed by atoms with Gasteiger partial charge in [0.2, 0.25) is 5.91 Å². The second-order valence-electron chi connectivity index (χ2n) is 3.18. The van der Waals surface area contributed by atoms with Gasteiger partial charge in [0.1, 0.15) is 6.04 Å². The van der Waals surface area contributed by atoms with Gasteiger partial charge in [0.15, 0.2) is 0 Å². The number of carbonyl (C=O) groups excluding carboxylic acids is 2. The molecule has 4 nitrogen and oxygen atoms in total. The molecule has 0 spiro atoms. The quantitative estimate of drug-likeness (QED) is 0.770. The maximum absolute atomic E-state index is 11.7. The van der Waals surface area contributed by atoms with E-state index in [1.807, 2.05) is 11.4 Å². The summed E-state index contributed by atoms with van der Waals surface area (Å²) in [7, 11) is 0. The van der Waals surface area contributed by atoms with E-state index in [0.717, 1.165) is 0 Å². The Kier molecular flexibility index (Phi) is 2.25. The molecule has 0 bridgehead atoms. The number of amides is 2. The second-order valence-corrected chi connectivity index (χ2v) is 4.13. The first-order valence-electron chi connectivity index (χ1n) is 4.34. The van der Waals surface area contributed by atoms with E-state index in [4.69, 9.17) is 5.73 Å². The van der Waals surface area contributed by atoms with Gasteiger partial charge in [0.05, 0.1) is 4.88 Å². The lowest BCUT2D eigenvalue weighted by molar-refractivity contribution is -0.125. The number of thiophene rings is 1. The van der Waals surface area contributed by atoms with Crippen LogP contribution in [0.1, 0.15) is 16.1 Å². The average molecular weight is 210 g/mol. The van der Waals surface area contributed by atoms with E-state index in [-0.39, 0.29) is 5.91 Å². The van der Waals surface area contributed by atoms with E-state index in [0.29, 0.717) is 17.8 Å². The Balaban J connectivity index is 2.10. The zero-order valence-corrected chi connectivity index (χ0v) is 8.29. The summed E-state index contributed by atoms with van der Waals surface area (Å²) >= 11 is 1.38. The van der Waals surface area contributed by atoms with Gasteiger partial charge >= 0.3 is 0 Å². The van der Waals surface area contributed by atoms with Crippen molar-refractivity contribution in [3.63, 3.8) is 0 Å². The fraction of sp³-hybridized carbons (Fsp3) is 0.333. The number of primary amides is 1.